The topological polar surface area (TPSA) is 101 Å². The fourth-order valence-electron chi connectivity index (χ4n) is 1.90. The number of nitrogens with one attached hydrogen (secondary N) is 2. The van der Waals surface area contributed by atoms with E-state index in [0.717, 1.165) is 4.88 Å². The largest absolute Gasteiger partial charge is 0.370 e. The highest BCUT2D eigenvalue weighted by Gasteiger charge is 2.12. The van der Waals surface area contributed by atoms with E-state index < -0.39 is 5.91 Å². The number of primary amides is 1. The first-order chi connectivity index (χ1) is 11.6. The van der Waals surface area contributed by atoms with Crippen LogP contribution in [-0.4, -0.2) is 24.3 Å². The molecule has 0 aliphatic carbocycles. The van der Waals surface area contributed by atoms with Crippen LogP contribution in [0.15, 0.2) is 47.9 Å². The lowest BCUT2D eigenvalue weighted by atomic mass is 10.1. The lowest BCUT2D eigenvalue weighted by molar-refractivity contribution is -0.118. The second-order valence-electron chi connectivity index (χ2n) is 4.86. The van der Waals surface area contributed by atoms with Crippen molar-refractivity contribution < 1.29 is 14.4 Å². The van der Waals surface area contributed by atoms with Crippen LogP contribution in [0.3, 0.4) is 0 Å². The molecule has 0 aliphatic rings. The number of benzene rings is 1. The second kappa shape index (κ2) is 8.64. The Bertz CT molecular complexity index is 754. The maximum Gasteiger partial charge on any atom is 0.253 e. The Balaban J connectivity index is 2.01. The average Bonchev–Trinajstić information content (AvgIpc) is 3.06. The lowest BCUT2D eigenvalue weighted by Gasteiger charge is -2.10. The van der Waals surface area contributed by atoms with Gasteiger partial charge in [-0.2, -0.15) is 0 Å². The number of carbonyl (C=O) groups is 3. The minimum absolute atomic E-state index is 0.0593. The summed E-state index contributed by atoms with van der Waals surface area (Å²) in [5, 5.41) is 7.19. The molecule has 0 saturated carbocycles. The molecule has 6 nitrogen and oxygen atoms in total. The van der Waals surface area contributed by atoms with E-state index in [1.807, 2.05) is 17.5 Å². The van der Waals surface area contributed by atoms with E-state index in [4.69, 9.17) is 5.73 Å². The van der Waals surface area contributed by atoms with E-state index >= 15 is 0 Å². The number of rotatable bonds is 7. The predicted octanol–water partition coefficient (Wildman–Crippen LogP) is 2.01. The zero-order valence-corrected chi connectivity index (χ0v) is 13.6. The molecular weight excluding hydrogens is 326 g/mol. The van der Waals surface area contributed by atoms with Gasteiger partial charge in [0.15, 0.2) is 0 Å². The number of nitrogens with two attached hydrogens (primary N) is 1. The Hall–Kier alpha value is -2.93. The molecule has 1 heterocycles. The maximum atomic E-state index is 12.1. The monoisotopic (exact) mass is 343 g/mol. The molecule has 0 bridgehead atoms. The molecule has 3 amide bonds. The highest BCUT2D eigenvalue weighted by atomic mass is 32.1. The standard InChI is InChI=1S/C17H17N3O3S/c18-15(21)9-10-19-17(23)13-5-1-2-6-14(13)20-16(22)8-7-12-4-3-11-24-12/h1-8,11H,9-10H2,(H2,18,21)(H,19,23)(H,20,22)/b8-7-. The van der Waals surface area contributed by atoms with E-state index in [0.29, 0.717) is 11.3 Å². The van der Waals surface area contributed by atoms with Crippen LogP contribution in [0.4, 0.5) is 5.69 Å². The van der Waals surface area contributed by atoms with Gasteiger partial charge >= 0.3 is 0 Å². The fraction of sp³-hybridized carbons (Fsp3) is 0.118. The molecule has 2 aromatic rings. The first-order valence-electron chi connectivity index (χ1n) is 7.24. The smallest absolute Gasteiger partial charge is 0.253 e. The van der Waals surface area contributed by atoms with E-state index in [1.165, 1.54) is 17.4 Å². The molecule has 4 N–H and O–H groups in total. The Labute approximate surface area is 143 Å². The van der Waals surface area contributed by atoms with E-state index in [2.05, 4.69) is 10.6 Å². The summed E-state index contributed by atoms with van der Waals surface area (Å²) >= 11 is 1.52. The zero-order valence-electron chi connectivity index (χ0n) is 12.8. The molecule has 24 heavy (non-hydrogen) atoms. The van der Waals surface area contributed by atoms with Crippen molar-refractivity contribution in [3.05, 3.63) is 58.3 Å². The van der Waals surface area contributed by atoms with Gasteiger partial charge in [-0.15, -0.1) is 11.3 Å². The summed E-state index contributed by atoms with van der Waals surface area (Å²) < 4.78 is 0. The number of amides is 3. The third-order valence-electron chi connectivity index (χ3n) is 3.03. The summed E-state index contributed by atoms with van der Waals surface area (Å²) in [5.74, 6) is -1.20. The van der Waals surface area contributed by atoms with Gasteiger partial charge in [-0.1, -0.05) is 18.2 Å². The molecule has 124 valence electrons. The molecule has 0 saturated heterocycles. The van der Waals surface area contributed by atoms with Crippen LogP contribution < -0.4 is 16.4 Å². The number of para-hydroxylation sites is 1. The van der Waals surface area contributed by atoms with Gasteiger partial charge in [0.05, 0.1) is 11.3 Å². The molecule has 0 spiro atoms. The molecule has 0 unspecified atom stereocenters. The highest BCUT2D eigenvalue weighted by molar-refractivity contribution is 7.10. The molecular formula is C17H17N3O3S. The van der Waals surface area contributed by atoms with Crippen LogP contribution in [0, 0.1) is 0 Å². The van der Waals surface area contributed by atoms with E-state index in [9.17, 15) is 14.4 Å². The Morgan fingerprint density at radius 2 is 1.92 bits per heavy atom. The summed E-state index contributed by atoms with van der Waals surface area (Å²) in [5.41, 5.74) is 5.75. The van der Waals surface area contributed by atoms with Crippen molar-refractivity contribution in [2.45, 2.75) is 6.42 Å². The van der Waals surface area contributed by atoms with Gasteiger partial charge in [0, 0.05) is 23.9 Å². The van der Waals surface area contributed by atoms with E-state index in [1.54, 1.807) is 30.3 Å². The summed E-state index contributed by atoms with van der Waals surface area (Å²) in [6.07, 6.45) is 3.17. The predicted molar refractivity (Wildman–Crippen MR) is 94.6 cm³/mol. The average molecular weight is 343 g/mol. The quantitative estimate of drug-likeness (QED) is 0.670. The van der Waals surface area contributed by atoms with Gasteiger partial charge < -0.3 is 16.4 Å². The van der Waals surface area contributed by atoms with Gasteiger partial charge in [-0.3, -0.25) is 14.4 Å². The van der Waals surface area contributed by atoms with Gasteiger partial charge in [0.25, 0.3) is 5.91 Å². The minimum Gasteiger partial charge on any atom is -0.370 e. The van der Waals surface area contributed by atoms with Crippen LogP contribution in [-0.2, 0) is 9.59 Å². The van der Waals surface area contributed by atoms with Gasteiger partial charge in [0.2, 0.25) is 11.8 Å². The number of thiophene rings is 1. The lowest BCUT2D eigenvalue weighted by Crippen LogP contribution is -2.28. The molecule has 0 atom stereocenters. The first kappa shape index (κ1) is 17.4. The van der Waals surface area contributed by atoms with Gasteiger partial charge in [-0.25, -0.2) is 0 Å². The van der Waals surface area contributed by atoms with Crippen molar-refractivity contribution in [1.29, 1.82) is 0 Å². The second-order valence-corrected chi connectivity index (χ2v) is 5.84. The molecule has 2 rings (SSSR count). The SMILES string of the molecule is NC(=O)CCNC(=O)c1ccccc1NC(=O)/C=C\c1cccs1. The van der Waals surface area contributed by atoms with Crippen LogP contribution in [0.2, 0.25) is 0 Å². The third-order valence-corrected chi connectivity index (χ3v) is 3.87. The van der Waals surface area contributed by atoms with E-state index in [-0.39, 0.29) is 24.8 Å². The van der Waals surface area contributed by atoms with Crippen molar-refractivity contribution in [1.82, 2.24) is 5.32 Å². The van der Waals surface area contributed by atoms with Gasteiger partial charge in [-0.05, 0) is 29.7 Å². The highest BCUT2D eigenvalue weighted by Crippen LogP contribution is 2.15. The number of carbonyl (C=O) groups excluding carboxylic acids is 3. The van der Waals surface area contributed by atoms with Crippen LogP contribution in [0.25, 0.3) is 6.08 Å². The molecule has 0 aliphatic heterocycles. The van der Waals surface area contributed by atoms with Crippen LogP contribution in [0.1, 0.15) is 21.7 Å². The summed E-state index contributed by atoms with van der Waals surface area (Å²) in [7, 11) is 0. The van der Waals surface area contributed by atoms with Crippen LogP contribution in [0.5, 0.6) is 0 Å². The Kier molecular flexibility index (Phi) is 6.27. The van der Waals surface area contributed by atoms with Crippen LogP contribution >= 0.6 is 11.3 Å². The maximum absolute atomic E-state index is 12.1. The third kappa shape index (κ3) is 5.36. The molecule has 0 fully saturated rings. The number of hydrogen-bond acceptors (Lipinski definition) is 4. The fourth-order valence-corrected chi connectivity index (χ4v) is 2.52. The Morgan fingerprint density at radius 1 is 1.12 bits per heavy atom. The molecule has 0 radical (unpaired) electrons. The molecule has 7 heteroatoms. The summed E-state index contributed by atoms with van der Waals surface area (Å²) in [6, 6.07) is 10.4. The minimum atomic E-state index is -0.490. The number of hydrogen-bond donors (Lipinski definition) is 3. The molecule has 1 aromatic heterocycles. The van der Waals surface area contributed by atoms with Gasteiger partial charge in [0.1, 0.15) is 0 Å². The van der Waals surface area contributed by atoms with Crippen molar-refractivity contribution >= 4 is 40.8 Å². The van der Waals surface area contributed by atoms with Crippen molar-refractivity contribution in [2.24, 2.45) is 5.73 Å². The van der Waals surface area contributed by atoms with Crippen molar-refractivity contribution in [2.75, 3.05) is 11.9 Å². The zero-order chi connectivity index (χ0) is 17.4. The first-order valence-corrected chi connectivity index (χ1v) is 8.12. The van der Waals surface area contributed by atoms with Crippen molar-refractivity contribution in [3.63, 3.8) is 0 Å². The summed E-state index contributed by atoms with van der Waals surface area (Å²) in [4.78, 5) is 35.8. The molecule has 1 aromatic carbocycles. The normalized spacial score (nSPS) is 10.5. The number of anilines is 1. The Morgan fingerprint density at radius 3 is 2.62 bits per heavy atom. The summed E-state index contributed by atoms with van der Waals surface area (Å²) in [6.45, 7) is 0.148. The van der Waals surface area contributed by atoms with Crippen molar-refractivity contribution in [3.8, 4) is 0 Å².